The number of nitrogens with one attached hydrogen (secondary N) is 1. The van der Waals surface area contributed by atoms with E-state index >= 15 is 0 Å². The predicted octanol–water partition coefficient (Wildman–Crippen LogP) is 3.44. The van der Waals surface area contributed by atoms with Crippen molar-refractivity contribution < 1.29 is 8.83 Å². The number of hydrogen-bond donors (Lipinski definition) is 2. The zero-order chi connectivity index (χ0) is 18.6. The highest BCUT2D eigenvalue weighted by atomic mass is 32.2. The van der Waals surface area contributed by atoms with E-state index in [0.717, 1.165) is 5.69 Å². The number of nitrogen functional groups attached to an aromatic ring is 1. The molecule has 3 aromatic heterocycles. The van der Waals surface area contributed by atoms with Gasteiger partial charge in [-0.1, -0.05) is 29.5 Å². The number of nitrogens with zero attached hydrogens (tertiary/aromatic N) is 5. The molecule has 0 atom stereocenters. The summed E-state index contributed by atoms with van der Waals surface area (Å²) in [6.45, 7) is 2.02. The quantitative estimate of drug-likeness (QED) is 0.479. The average Bonchev–Trinajstić information content (AvgIpc) is 3.33. The normalized spacial score (nSPS) is 10.9. The maximum atomic E-state index is 5.80. The first-order valence-corrected chi connectivity index (χ1v) is 8.98. The summed E-state index contributed by atoms with van der Waals surface area (Å²) < 4.78 is 10.8. The van der Waals surface area contributed by atoms with E-state index in [1.165, 1.54) is 17.3 Å². The van der Waals surface area contributed by atoms with Crippen LogP contribution in [0, 0.1) is 6.92 Å². The minimum Gasteiger partial charge on any atom is -0.459 e. The zero-order valence-corrected chi connectivity index (χ0v) is 15.1. The molecule has 0 amide bonds. The molecule has 0 unspecified atom stereocenters. The molecule has 0 aliphatic heterocycles. The van der Waals surface area contributed by atoms with Crippen molar-refractivity contribution in [3.8, 4) is 11.7 Å². The lowest BCUT2D eigenvalue weighted by Gasteiger charge is -2.07. The van der Waals surface area contributed by atoms with E-state index in [2.05, 4.69) is 30.5 Å². The third-order valence-corrected chi connectivity index (χ3v) is 4.28. The maximum absolute atomic E-state index is 5.80. The molecule has 0 bridgehead atoms. The molecule has 3 heterocycles. The van der Waals surface area contributed by atoms with Crippen LogP contribution in [0.4, 0.5) is 17.6 Å². The molecule has 9 nitrogen and oxygen atoms in total. The van der Waals surface area contributed by atoms with Gasteiger partial charge in [0.15, 0.2) is 5.76 Å². The fourth-order valence-electron chi connectivity index (χ4n) is 2.22. The van der Waals surface area contributed by atoms with E-state index in [-0.39, 0.29) is 5.95 Å². The number of furan rings is 1. The van der Waals surface area contributed by atoms with Gasteiger partial charge in [0.05, 0.1) is 12.0 Å². The van der Waals surface area contributed by atoms with Crippen LogP contribution in [0.2, 0.25) is 0 Å². The predicted molar refractivity (Wildman–Crippen MR) is 100 cm³/mol. The highest BCUT2D eigenvalue weighted by Gasteiger charge is 2.13. The van der Waals surface area contributed by atoms with Crippen LogP contribution in [0.25, 0.3) is 11.7 Å². The van der Waals surface area contributed by atoms with Gasteiger partial charge in [-0.05, 0) is 31.2 Å². The molecule has 0 saturated heterocycles. The first-order valence-electron chi connectivity index (χ1n) is 8.00. The monoisotopic (exact) mass is 381 g/mol. The minimum absolute atomic E-state index is 0.136. The Labute approximate surface area is 158 Å². The molecule has 27 heavy (non-hydrogen) atoms. The van der Waals surface area contributed by atoms with Crippen LogP contribution in [0.5, 0.6) is 0 Å². The SMILES string of the molecule is Cc1ccc(Nc2nc(N)nc(CSc3nnc(-c4ccco4)o3)n2)cc1. The summed E-state index contributed by atoms with van der Waals surface area (Å²) in [6.07, 6.45) is 1.54. The Morgan fingerprint density at radius 2 is 1.93 bits per heavy atom. The van der Waals surface area contributed by atoms with Crippen molar-refractivity contribution in [1.82, 2.24) is 25.1 Å². The summed E-state index contributed by atoms with van der Waals surface area (Å²) in [4.78, 5) is 12.6. The van der Waals surface area contributed by atoms with Gasteiger partial charge in [0.25, 0.3) is 11.1 Å². The molecule has 0 fully saturated rings. The van der Waals surface area contributed by atoms with Gasteiger partial charge in [0.1, 0.15) is 5.82 Å². The number of nitrogens with two attached hydrogens (primary N) is 1. The first kappa shape index (κ1) is 17.0. The zero-order valence-electron chi connectivity index (χ0n) is 14.3. The van der Waals surface area contributed by atoms with E-state index < -0.39 is 0 Å². The van der Waals surface area contributed by atoms with Crippen LogP contribution in [-0.2, 0) is 5.75 Å². The summed E-state index contributed by atoms with van der Waals surface area (Å²) >= 11 is 1.30. The van der Waals surface area contributed by atoms with Crippen molar-refractivity contribution >= 4 is 29.3 Å². The van der Waals surface area contributed by atoms with Crippen molar-refractivity contribution in [2.75, 3.05) is 11.1 Å². The molecule has 1 aromatic carbocycles. The third kappa shape index (κ3) is 4.23. The summed E-state index contributed by atoms with van der Waals surface area (Å²) in [5.41, 5.74) is 7.83. The molecule has 0 radical (unpaired) electrons. The molecule has 0 aliphatic carbocycles. The van der Waals surface area contributed by atoms with E-state index in [1.54, 1.807) is 18.4 Å². The molecule has 0 saturated carbocycles. The average molecular weight is 381 g/mol. The Bertz CT molecular complexity index is 1030. The Morgan fingerprint density at radius 3 is 2.70 bits per heavy atom. The molecule has 3 N–H and O–H groups in total. The van der Waals surface area contributed by atoms with Crippen LogP contribution in [0.15, 0.2) is 56.7 Å². The summed E-state index contributed by atoms with van der Waals surface area (Å²) in [5.74, 6) is 2.25. The second-order valence-corrected chi connectivity index (χ2v) is 6.49. The smallest absolute Gasteiger partial charge is 0.284 e. The molecule has 4 aromatic rings. The lowest BCUT2D eigenvalue weighted by atomic mass is 10.2. The molecular weight excluding hydrogens is 366 g/mol. The number of thioether (sulfide) groups is 1. The highest BCUT2D eigenvalue weighted by Crippen LogP contribution is 2.25. The minimum atomic E-state index is 0.136. The molecular formula is C17H15N7O2S. The number of hydrogen-bond acceptors (Lipinski definition) is 10. The second kappa shape index (κ2) is 7.46. The van der Waals surface area contributed by atoms with Crippen molar-refractivity contribution in [3.05, 3.63) is 54.0 Å². The van der Waals surface area contributed by atoms with Gasteiger partial charge in [-0.25, -0.2) is 0 Å². The van der Waals surface area contributed by atoms with Crippen molar-refractivity contribution in [2.24, 2.45) is 0 Å². The Kier molecular flexibility index (Phi) is 4.71. The van der Waals surface area contributed by atoms with Crippen LogP contribution in [0.3, 0.4) is 0 Å². The highest BCUT2D eigenvalue weighted by molar-refractivity contribution is 7.98. The van der Waals surface area contributed by atoms with E-state index in [1.807, 2.05) is 31.2 Å². The fourth-order valence-corrected chi connectivity index (χ4v) is 2.84. The van der Waals surface area contributed by atoms with Gasteiger partial charge < -0.3 is 19.9 Å². The summed E-state index contributed by atoms with van der Waals surface area (Å²) in [5, 5.41) is 11.4. The van der Waals surface area contributed by atoms with Gasteiger partial charge in [-0.15, -0.1) is 10.2 Å². The van der Waals surface area contributed by atoms with Gasteiger partial charge in [-0.3, -0.25) is 0 Å². The fraction of sp³-hybridized carbons (Fsp3) is 0.118. The van der Waals surface area contributed by atoms with Crippen molar-refractivity contribution in [2.45, 2.75) is 17.9 Å². The van der Waals surface area contributed by atoms with Crippen molar-refractivity contribution in [1.29, 1.82) is 0 Å². The number of anilines is 3. The van der Waals surface area contributed by atoms with Crippen LogP contribution >= 0.6 is 11.8 Å². The lowest BCUT2D eigenvalue weighted by molar-refractivity contribution is 0.447. The number of aromatic nitrogens is 5. The number of aryl methyl sites for hydroxylation is 1. The van der Waals surface area contributed by atoms with E-state index in [9.17, 15) is 0 Å². The van der Waals surface area contributed by atoms with Gasteiger partial charge in [0.2, 0.25) is 11.9 Å². The second-order valence-electron chi connectivity index (χ2n) is 5.56. The van der Waals surface area contributed by atoms with Crippen LogP contribution in [0.1, 0.15) is 11.4 Å². The number of benzene rings is 1. The first-order chi connectivity index (χ1) is 13.2. The van der Waals surface area contributed by atoms with E-state index in [4.69, 9.17) is 14.6 Å². The van der Waals surface area contributed by atoms with Crippen LogP contribution < -0.4 is 11.1 Å². The Morgan fingerprint density at radius 1 is 1.07 bits per heavy atom. The molecule has 10 heteroatoms. The Hall–Kier alpha value is -3.40. The lowest BCUT2D eigenvalue weighted by Crippen LogP contribution is -2.06. The number of rotatable bonds is 6. The molecule has 0 spiro atoms. The molecule has 136 valence electrons. The molecule has 4 rings (SSSR count). The topological polar surface area (TPSA) is 129 Å². The summed E-state index contributed by atoms with van der Waals surface area (Å²) in [7, 11) is 0. The maximum Gasteiger partial charge on any atom is 0.284 e. The van der Waals surface area contributed by atoms with E-state index in [0.29, 0.717) is 34.4 Å². The standard InChI is InChI=1S/C17H15N7O2S/c1-10-4-6-11(7-5-10)19-16-21-13(20-15(18)22-16)9-27-17-24-23-14(26-17)12-3-2-8-25-12/h2-8H,9H2,1H3,(H3,18,19,20,21,22). The van der Waals surface area contributed by atoms with Crippen LogP contribution in [-0.4, -0.2) is 25.1 Å². The molecule has 0 aliphatic rings. The van der Waals surface area contributed by atoms with Crippen molar-refractivity contribution in [3.63, 3.8) is 0 Å². The van der Waals surface area contributed by atoms with Gasteiger partial charge in [-0.2, -0.15) is 15.0 Å². The largest absolute Gasteiger partial charge is 0.459 e. The summed E-state index contributed by atoms with van der Waals surface area (Å²) in [6, 6.07) is 11.4. The Balaban J connectivity index is 1.44. The third-order valence-electron chi connectivity index (χ3n) is 3.47. The van der Waals surface area contributed by atoms with Gasteiger partial charge >= 0.3 is 0 Å². The van der Waals surface area contributed by atoms with Gasteiger partial charge in [0, 0.05) is 5.69 Å².